The first kappa shape index (κ1) is 32.8. The van der Waals surface area contributed by atoms with Gasteiger partial charge in [-0.3, -0.25) is 4.79 Å². The number of ketones is 1. The van der Waals surface area contributed by atoms with Gasteiger partial charge in [-0.2, -0.15) is 16.9 Å². The average molecular weight is 631 g/mol. The fourth-order valence-corrected chi connectivity index (χ4v) is 6.87. The first-order valence-electron chi connectivity index (χ1n) is 15.8. The molecule has 0 bridgehead atoms. The van der Waals surface area contributed by atoms with Crippen molar-refractivity contribution in [1.29, 1.82) is 0 Å². The third-order valence-electron chi connectivity index (χ3n) is 8.70. The van der Waals surface area contributed by atoms with Crippen molar-refractivity contribution in [3.05, 3.63) is 93.6 Å². The summed E-state index contributed by atoms with van der Waals surface area (Å²) in [6.07, 6.45) is 6.61. The Hall–Kier alpha value is -3.60. The van der Waals surface area contributed by atoms with E-state index in [-0.39, 0.29) is 5.78 Å². The van der Waals surface area contributed by atoms with Gasteiger partial charge >= 0.3 is 0 Å². The number of para-hydroxylation sites is 1. The Morgan fingerprint density at radius 3 is 2.36 bits per heavy atom. The third kappa shape index (κ3) is 8.17. The van der Waals surface area contributed by atoms with Gasteiger partial charge in [0.05, 0.1) is 34.8 Å². The zero-order valence-electron chi connectivity index (χ0n) is 25.9. The van der Waals surface area contributed by atoms with Gasteiger partial charge in [-0.15, -0.1) is 0 Å². The number of ether oxygens (including phenoxy) is 2. The normalized spacial score (nSPS) is 15.4. The lowest BCUT2D eigenvalue weighted by molar-refractivity contribution is 0.101. The van der Waals surface area contributed by atoms with Gasteiger partial charge < -0.3 is 14.4 Å². The Bertz CT molecular complexity index is 1510. The molecular formula is C35H42N4O5S. The maximum Gasteiger partial charge on any atom is 0.191 e. The number of aromatic nitrogens is 3. The lowest BCUT2D eigenvalue weighted by Gasteiger charge is -2.34. The molecule has 0 radical (unpaired) electrons. The molecule has 2 aromatic carbocycles. The highest BCUT2D eigenvalue weighted by Crippen LogP contribution is 2.43. The topological polar surface area (TPSA) is 104 Å². The second-order valence-corrected chi connectivity index (χ2v) is 12.8. The third-order valence-corrected chi connectivity index (χ3v) is 9.75. The summed E-state index contributed by atoms with van der Waals surface area (Å²) in [5, 5.41) is 6.31. The maximum absolute atomic E-state index is 13.6. The summed E-state index contributed by atoms with van der Waals surface area (Å²) in [6.45, 7) is 4.00. The van der Waals surface area contributed by atoms with Crippen LogP contribution in [0.1, 0.15) is 66.2 Å². The number of piperidine rings is 1. The highest BCUT2D eigenvalue weighted by Gasteiger charge is 2.31. The predicted molar refractivity (Wildman–Crippen MR) is 181 cm³/mol. The molecule has 0 N–H and O–H groups in total. The number of methoxy groups -OCH3 is 1. The minimum Gasteiger partial charge on any atom is -0.384 e. The summed E-state index contributed by atoms with van der Waals surface area (Å²) in [5.41, 5.74) is 5.74. The van der Waals surface area contributed by atoms with Gasteiger partial charge in [-0.25, -0.2) is 9.67 Å². The van der Waals surface area contributed by atoms with E-state index in [9.17, 15) is 4.79 Å². The fourth-order valence-electron chi connectivity index (χ4n) is 6.07. The van der Waals surface area contributed by atoms with Crippen molar-refractivity contribution in [2.45, 2.75) is 51.0 Å². The molecule has 0 atom stereocenters. The van der Waals surface area contributed by atoms with Crippen LogP contribution in [0.5, 0.6) is 0 Å². The van der Waals surface area contributed by atoms with Crippen LogP contribution in [0, 0.1) is 15.8 Å². The summed E-state index contributed by atoms with van der Waals surface area (Å²) in [5.74, 6) is 2.36. The van der Waals surface area contributed by atoms with E-state index in [4.69, 9.17) is 29.5 Å². The Balaban J connectivity index is 0.00000196. The molecule has 45 heavy (non-hydrogen) atoms. The minimum atomic E-state index is 0.0682. The van der Waals surface area contributed by atoms with E-state index >= 15 is 0 Å². The molecule has 238 valence electrons. The highest BCUT2D eigenvalue weighted by molar-refractivity contribution is 7.99. The number of fused-ring (bicyclic) bond motifs is 1. The first-order valence-corrected chi connectivity index (χ1v) is 17.0. The van der Waals surface area contributed by atoms with Crippen LogP contribution in [-0.4, -0.2) is 65.5 Å². The molecule has 6 rings (SSSR count). The Morgan fingerprint density at radius 2 is 1.69 bits per heavy atom. The standard InChI is InChI=1S/C35H42N4O3S.O2/c1-41-23-27-16-18-38(19-17-27)31-22-30(32(40)25-43-21-9-20-42-24-26-10-4-2-5-11-26)36-35-33(31)34(28-12-8-13-28)37-39(35)29-14-6-3-7-15-29;1-2/h2-7,10-11,14-15,22,27-28H,8-9,12-13,16-21,23-25H2,1H3;. The largest absolute Gasteiger partial charge is 0.384 e. The number of rotatable bonds is 14. The monoisotopic (exact) mass is 630 g/mol. The number of hydrogen-bond acceptors (Lipinski definition) is 9. The molecule has 2 aromatic heterocycles. The summed E-state index contributed by atoms with van der Waals surface area (Å²) >= 11 is 1.66. The van der Waals surface area contributed by atoms with Crippen molar-refractivity contribution in [3.63, 3.8) is 0 Å². The number of thioether (sulfide) groups is 1. The van der Waals surface area contributed by atoms with Crippen LogP contribution < -0.4 is 4.90 Å². The summed E-state index contributed by atoms with van der Waals surface area (Å²) in [7, 11) is 1.79. The smallest absolute Gasteiger partial charge is 0.191 e. The molecule has 2 aliphatic rings. The molecule has 0 amide bonds. The first-order chi connectivity index (χ1) is 22.2. The van der Waals surface area contributed by atoms with Crippen molar-refractivity contribution in [2.75, 3.05) is 49.8 Å². The molecule has 1 aliphatic carbocycles. The molecule has 1 aliphatic heterocycles. The van der Waals surface area contributed by atoms with Crippen LogP contribution in [0.25, 0.3) is 16.7 Å². The zero-order valence-corrected chi connectivity index (χ0v) is 26.8. The number of anilines is 1. The Kier molecular flexibility index (Phi) is 12.1. The number of carbonyl (C=O) groups is 1. The number of hydrogen-bond donors (Lipinski definition) is 0. The van der Waals surface area contributed by atoms with Gasteiger partial charge in [0.25, 0.3) is 0 Å². The number of carbonyl (C=O) groups excluding carboxylic acids is 1. The molecular weight excluding hydrogens is 588 g/mol. The molecule has 2 fully saturated rings. The molecule has 0 spiro atoms. The molecule has 10 heteroatoms. The quantitative estimate of drug-likeness (QED) is 0.106. The van der Waals surface area contributed by atoms with E-state index in [1.807, 2.05) is 41.1 Å². The van der Waals surface area contributed by atoms with Crippen LogP contribution in [0.2, 0.25) is 0 Å². The molecule has 1 saturated carbocycles. The number of Topliss-reactive ketones (excluding diaryl/α,β-unsaturated/α-hetero) is 1. The lowest BCUT2D eigenvalue weighted by atomic mass is 9.81. The van der Waals surface area contributed by atoms with Crippen molar-refractivity contribution in [3.8, 4) is 5.69 Å². The van der Waals surface area contributed by atoms with Gasteiger partial charge in [-0.1, -0.05) is 55.0 Å². The number of pyridine rings is 1. The molecule has 9 nitrogen and oxygen atoms in total. The summed E-state index contributed by atoms with van der Waals surface area (Å²) in [4.78, 5) is 35.1. The fraction of sp³-hybridized carbons (Fsp3) is 0.457. The van der Waals surface area contributed by atoms with Gasteiger partial charge in [0.1, 0.15) is 5.69 Å². The van der Waals surface area contributed by atoms with Gasteiger partial charge in [0, 0.05) is 49.3 Å². The van der Waals surface area contributed by atoms with Crippen LogP contribution in [-0.2, 0) is 16.1 Å². The van der Waals surface area contributed by atoms with Crippen LogP contribution in [0.3, 0.4) is 0 Å². The highest BCUT2D eigenvalue weighted by atomic mass is 32.2. The van der Waals surface area contributed by atoms with E-state index in [0.29, 0.717) is 36.5 Å². The van der Waals surface area contributed by atoms with Crippen molar-refractivity contribution in [2.24, 2.45) is 5.92 Å². The van der Waals surface area contributed by atoms with Crippen LogP contribution in [0.15, 0.2) is 66.7 Å². The summed E-state index contributed by atoms with van der Waals surface area (Å²) in [6, 6.07) is 22.5. The van der Waals surface area contributed by atoms with Crippen LogP contribution in [0.4, 0.5) is 5.69 Å². The number of benzene rings is 2. The Labute approximate surface area is 268 Å². The van der Waals surface area contributed by atoms with Gasteiger partial charge in [-0.05, 0) is 67.5 Å². The number of nitrogens with zero attached hydrogens (tertiary/aromatic N) is 4. The van der Waals surface area contributed by atoms with E-state index in [0.717, 1.165) is 85.7 Å². The van der Waals surface area contributed by atoms with Crippen LogP contribution >= 0.6 is 11.8 Å². The zero-order chi connectivity index (χ0) is 31.4. The van der Waals surface area contributed by atoms with E-state index in [2.05, 4.69) is 35.2 Å². The van der Waals surface area contributed by atoms with Gasteiger partial charge in [0.15, 0.2) is 11.4 Å². The Morgan fingerprint density at radius 1 is 0.978 bits per heavy atom. The average Bonchev–Trinajstić information content (AvgIpc) is 3.44. The van der Waals surface area contributed by atoms with Crippen molar-refractivity contribution in [1.82, 2.24) is 14.8 Å². The molecule has 4 aromatic rings. The predicted octanol–water partition coefficient (Wildman–Crippen LogP) is 7.14. The van der Waals surface area contributed by atoms with Crippen molar-refractivity contribution < 1.29 is 14.3 Å². The molecule has 1 saturated heterocycles. The van der Waals surface area contributed by atoms with Crippen molar-refractivity contribution >= 4 is 34.3 Å². The second-order valence-electron chi connectivity index (χ2n) is 11.7. The molecule has 3 heterocycles. The second kappa shape index (κ2) is 16.6. The maximum atomic E-state index is 13.6. The SMILES string of the molecule is COCC1CCN(c2cc(C(=O)CSCCCOCc3ccccc3)nc3c2c(C2CCC2)nn3-c2ccccc2)CC1.O=O. The van der Waals surface area contributed by atoms with E-state index < -0.39 is 0 Å². The molecule has 0 unspecified atom stereocenters. The van der Waals surface area contributed by atoms with E-state index in [1.165, 1.54) is 12.0 Å². The minimum absolute atomic E-state index is 0.0682. The van der Waals surface area contributed by atoms with Gasteiger partial charge in [0.2, 0.25) is 0 Å². The lowest BCUT2D eigenvalue weighted by Crippen LogP contribution is -2.35. The summed E-state index contributed by atoms with van der Waals surface area (Å²) < 4.78 is 13.3. The van der Waals surface area contributed by atoms with E-state index in [1.54, 1.807) is 18.9 Å².